The fourth-order valence-electron chi connectivity index (χ4n) is 3.28. The highest BCUT2D eigenvalue weighted by molar-refractivity contribution is 5.66. The number of unbranched alkanes of at least 4 members (excludes halogenated alkanes) is 5. The third-order valence-corrected chi connectivity index (χ3v) is 4.78. The lowest BCUT2D eigenvalue weighted by Gasteiger charge is -2.19. The molecule has 0 saturated carbocycles. The van der Waals surface area contributed by atoms with Crippen molar-refractivity contribution in [1.29, 1.82) is 0 Å². The Kier molecular flexibility index (Phi) is 10.7. The van der Waals surface area contributed by atoms with Crippen LogP contribution in [0.4, 0.5) is 0 Å². The summed E-state index contributed by atoms with van der Waals surface area (Å²) in [7, 11) is 0. The van der Waals surface area contributed by atoms with Crippen molar-refractivity contribution >= 4 is 5.97 Å². The smallest absolute Gasteiger partial charge is 0.303 e. The first-order valence-electron chi connectivity index (χ1n) is 9.49. The number of allylic oxidation sites excluding steroid dienone is 1. The van der Waals surface area contributed by atoms with Crippen molar-refractivity contribution in [1.82, 2.24) is 0 Å². The third kappa shape index (κ3) is 8.65. The highest BCUT2D eigenvalue weighted by atomic mass is 16.4. The van der Waals surface area contributed by atoms with E-state index < -0.39 is 18.2 Å². The van der Waals surface area contributed by atoms with Crippen LogP contribution in [0.15, 0.2) is 24.3 Å². The molecule has 138 valence electrons. The van der Waals surface area contributed by atoms with Crippen molar-refractivity contribution in [3.63, 3.8) is 0 Å². The molecule has 0 amide bonds. The lowest BCUT2D eigenvalue weighted by Crippen LogP contribution is -2.18. The summed E-state index contributed by atoms with van der Waals surface area (Å²) in [5.41, 5.74) is 0. The molecule has 24 heavy (non-hydrogen) atoms. The van der Waals surface area contributed by atoms with Gasteiger partial charge in [0.05, 0.1) is 12.2 Å². The molecule has 0 aromatic heterocycles. The Morgan fingerprint density at radius 2 is 1.88 bits per heavy atom. The summed E-state index contributed by atoms with van der Waals surface area (Å²) in [6, 6.07) is 0. The average molecular weight is 338 g/mol. The van der Waals surface area contributed by atoms with E-state index in [1.54, 1.807) is 0 Å². The quantitative estimate of drug-likeness (QED) is 0.349. The Hall–Kier alpha value is -1.13. The van der Waals surface area contributed by atoms with Crippen LogP contribution < -0.4 is 0 Å². The van der Waals surface area contributed by atoms with Gasteiger partial charge in [-0.3, -0.25) is 4.79 Å². The summed E-state index contributed by atoms with van der Waals surface area (Å²) in [4.78, 5) is 10.5. The van der Waals surface area contributed by atoms with Crippen LogP contribution in [0, 0.1) is 11.8 Å². The molecule has 0 aliphatic heterocycles. The molecule has 0 fully saturated rings. The predicted octanol–water partition coefficient (Wildman–Crippen LogP) is 4.07. The van der Waals surface area contributed by atoms with E-state index in [4.69, 9.17) is 5.11 Å². The molecule has 2 unspecified atom stereocenters. The normalized spacial score (nSPS) is 24.7. The molecular formula is C20H34O4. The monoisotopic (exact) mass is 338 g/mol. The van der Waals surface area contributed by atoms with Gasteiger partial charge in [0, 0.05) is 12.3 Å². The van der Waals surface area contributed by atoms with Crippen molar-refractivity contribution in [3.8, 4) is 0 Å². The number of carbonyl (C=O) groups is 1. The van der Waals surface area contributed by atoms with E-state index in [2.05, 4.69) is 13.0 Å². The van der Waals surface area contributed by atoms with E-state index >= 15 is 0 Å². The SMILES string of the molecule is CCCCCC(O)C=C[C@H]1C(O)C=C[C@@H]1CCCCCCC(=O)O. The van der Waals surface area contributed by atoms with Crippen LogP contribution in [0.25, 0.3) is 0 Å². The predicted molar refractivity (Wildman–Crippen MR) is 96.8 cm³/mol. The molecule has 0 bridgehead atoms. The molecule has 0 radical (unpaired) electrons. The number of aliphatic hydroxyl groups is 2. The molecule has 4 heteroatoms. The summed E-state index contributed by atoms with van der Waals surface area (Å²) in [5.74, 6) is -0.344. The zero-order valence-corrected chi connectivity index (χ0v) is 14.9. The molecule has 0 aromatic carbocycles. The summed E-state index contributed by atoms with van der Waals surface area (Å²) < 4.78 is 0. The molecule has 4 nitrogen and oxygen atoms in total. The van der Waals surface area contributed by atoms with Crippen LogP contribution >= 0.6 is 0 Å². The van der Waals surface area contributed by atoms with Crippen molar-refractivity contribution in [3.05, 3.63) is 24.3 Å². The van der Waals surface area contributed by atoms with Gasteiger partial charge >= 0.3 is 5.97 Å². The highest BCUT2D eigenvalue weighted by Crippen LogP contribution is 2.31. The Labute approximate surface area is 146 Å². The molecule has 4 atom stereocenters. The molecule has 1 aliphatic carbocycles. The lowest BCUT2D eigenvalue weighted by molar-refractivity contribution is -0.137. The minimum atomic E-state index is -0.723. The zero-order valence-electron chi connectivity index (χ0n) is 14.9. The largest absolute Gasteiger partial charge is 0.481 e. The van der Waals surface area contributed by atoms with Crippen LogP contribution in [0.1, 0.15) is 71.1 Å². The summed E-state index contributed by atoms with van der Waals surface area (Å²) in [6.45, 7) is 2.15. The second-order valence-corrected chi connectivity index (χ2v) is 6.91. The highest BCUT2D eigenvalue weighted by Gasteiger charge is 2.27. The van der Waals surface area contributed by atoms with Gasteiger partial charge in [-0.1, -0.05) is 69.8 Å². The Bertz CT molecular complexity index is 402. The average Bonchev–Trinajstić information content (AvgIpc) is 2.89. The maximum atomic E-state index is 10.5. The van der Waals surface area contributed by atoms with Crippen LogP contribution in [-0.2, 0) is 4.79 Å². The Morgan fingerprint density at radius 3 is 2.58 bits per heavy atom. The van der Waals surface area contributed by atoms with E-state index in [1.807, 2.05) is 18.2 Å². The van der Waals surface area contributed by atoms with Gasteiger partial charge in [-0.05, 0) is 25.2 Å². The van der Waals surface area contributed by atoms with Crippen molar-refractivity contribution in [2.24, 2.45) is 11.8 Å². The van der Waals surface area contributed by atoms with Gasteiger partial charge in [-0.25, -0.2) is 0 Å². The number of carboxylic acids is 1. The standard InChI is InChI=1S/C20H34O4/c1-2-3-6-10-17(21)13-14-18-16(12-15-19(18)22)9-7-4-5-8-11-20(23)24/h12-19,21-22H,2-11H2,1H3,(H,23,24)/t16-,17?,18+,19?/m0/s1. The van der Waals surface area contributed by atoms with E-state index in [0.29, 0.717) is 5.92 Å². The Morgan fingerprint density at radius 1 is 1.12 bits per heavy atom. The molecule has 3 N–H and O–H groups in total. The Balaban J connectivity index is 2.28. The van der Waals surface area contributed by atoms with Crippen molar-refractivity contribution < 1.29 is 20.1 Å². The van der Waals surface area contributed by atoms with Gasteiger partial charge in [-0.15, -0.1) is 0 Å². The maximum absolute atomic E-state index is 10.5. The maximum Gasteiger partial charge on any atom is 0.303 e. The number of carboxylic acid groups (broad SMARTS) is 1. The van der Waals surface area contributed by atoms with Gasteiger partial charge in [0.1, 0.15) is 0 Å². The fraction of sp³-hybridized carbons (Fsp3) is 0.750. The zero-order chi connectivity index (χ0) is 17.8. The number of aliphatic hydroxyl groups excluding tert-OH is 2. The molecule has 0 aromatic rings. The topological polar surface area (TPSA) is 77.8 Å². The van der Waals surface area contributed by atoms with Crippen LogP contribution in [0.2, 0.25) is 0 Å². The van der Waals surface area contributed by atoms with Crippen LogP contribution in [0.5, 0.6) is 0 Å². The van der Waals surface area contributed by atoms with Gasteiger partial charge in [0.15, 0.2) is 0 Å². The number of hydrogen-bond acceptors (Lipinski definition) is 3. The molecular weight excluding hydrogens is 304 g/mol. The number of hydrogen-bond donors (Lipinski definition) is 3. The number of aliphatic carboxylic acids is 1. The van der Waals surface area contributed by atoms with E-state index in [9.17, 15) is 15.0 Å². The van der Waals surface area contributed by atoms with Gasteiger partial charge in [-0.2, -0.15) is 0 Å². The first-order chi connectivity index (χ1) is 11.5. The van der Waals surface area contributed by atoms with E-state index in [1.165, 1.54) is 0 Å². The van der Waals surface area contributed by atoms with Crippen molar-refractivity contribution in [2.75, 3.05) is 0 Å². The molecule has 1 aliphatic rings. The van der Waals surface area contributed by atoms with E-state index in [0.717, 1.165) is 57.8 Å². The minimum absolute atomic E-state index is 0.0600. The molecule has 1 rings (SSSR count). The first kappa shape index (κ1) is 20.9. The second kappa shape index (κ2) is 12.3. The van der Waals surface area contributed by atoms with Crippen LogP contribution in [0.3, 0.4) is 0 Å². The molecule has 0 saturated heterocycles. The van der Waals surface area contributed by atoms with Crippen LogP contribution in [-0.4, -0.2) is 33.5 Å². The van der Waals surface area contributed by atoms with Gasteiger partial charge < -0.3 is 15.3 Å². The number of rotatable bonds is 13. The summed E-state index contributed by atoms with van der Waals surface area (Å²) in [6.07, 6.45) is 16.0. The van der Waals surface area contributed by atoms with Gasteiger partial charge in [0.2, 0.25) is 0 Å². The lowest BCUT2D eigenvalue weighted by atomic mass is 9.88. The minimum Gasteiger partial charge on any atom is -0.481 e. The fourth-order valence-corrected chi connectivity index (χ4v) is 3.28. The summed E-state index contributed by atoms with van der Waals surface area (Å²) in [5, 5.41) is 28.7. The van der Waals surface area contributed by atoms with E-state index in [-0.39, 0.29) is 12.3 Å². The third-order valence-electron chi connectivity index (χ3n) is 4.78. The molecule has 0 heterocycles. The summed E-state index contributed by atoms with van der Waals surface area (Å²) >= 11 is 0. The van der Waals surface area contributed by atoms with Crippen molar-refractivity contribution in [2.45, 2.75) is 83.3 Å². The first-order valence-corrected chi connectivity index (χ1v) is 9.49. The second-order valence-electron chi connectivity index (χ2n) is 6.91. The molecule has 0 spiro atoms. The van der Waals surface area contributed by atoms with Gasteiger partial charge in [0.25, 0.3) is 0 Å².